The Balaban J connectivity index is 1.93. The van der Waals surface area contributed by atoms with E-state index < -0.39 is 167 Å². The lowest BCUT2D eigenvalue weighted by atomic mass is 9.99. The average Bonchev–Trinajstić information content (AvgIpc) is 1.68. The number of aromatic amines is 2. The molecule has 42 nitrogen and oxygen atoms in total. The summed E-state index contributed by atoms with van der Waals surface area (Å²) in [5.74, 6) is -13.0. The minimum Gasteiger partial charge on any atom is -0.480 e. The Bertz CT molecular complexity index is 3870. The second kappa shape index (κ2) is 56.5. The summed E-state index contributed by atoms with van der Waals surface area (Å²) in [7, 11) is 0. The van der Waals surface area contributed by atoms with Crippen molar-refractivity contribution in [1.29, 1.82) is 0 Å². The van der Waals surface area contributed by atoms with Crippen LogP contribution in [0.2, 0.25) is 0 Å². The van der Waals surface area contributed by atoms with Gasteiger partial charge in [-0.25, -0.2) is 9.78 Å². The zero-order valence-electron chi connectivity index (χ0n) is 72.1. The number of fused-ring (bicyclic) bond motifs is 1. The first-order valence-corrected chi connectivity index (χ1v) is 42.2. The van der Waals surface area contributed by atoms with Crippen LogP contribution in [0.15, 0.2) is 53.0 Å². The van der Waals surface area contributed by atoms with E-state index in [1.54, 1.807) is 53.8 Å². The highest BCUT2D eigenvalue weighted by Gasteiger charge is 2.38. The number of rotatable bonds is 61. The third-order valence-electron chi connectivity index (χ3n) is 19.8. The monoisotopic (exact) mass is 1720 g/mol. The molecule has 3 rings (SSSR count). The van der Waals surface area contributed by atoms with Gasteiger partial charge in [-0.1, -0.05) is 66.2 Å². The van der Waals surface area contributed by atoms with Gasteiger partial charge in [-0.3, -0.25) is 72.3 Å². The number of hydrogen-bond donors (Lipinski definition) is 25. The fourth-order valence-electron chi connectivity index (χ4n) is 13.1. The normalized spacial score (nSPS) is 14.8. The van der Waals surface area contributed by atoms with Crippen molar-refractivity contribution in [3.63, 3.8) is 0 Å². The second-order valence-corrected chi connectivity index (χ2v) is 32.0. The highest BCUT2D eigenvalue weighted by atomic mass is 16.4. The SMILES string of the molecule is CC(C)C[C@H](NC(=O)[C@H](C)NC(=O)[C@H](CCCCN)NC(=O)[C@H](CC(C)C)NC(=O)[C@H](CCCN=C(N)N)NC(=O)[C@H](CC(C)C)NC(=O)[C@H](Cc1c[nH]c2ccccc12)NC(=O)[C@H](Cc1cnc[nH]1)NC(=O)[C@H](C)NC(=O)[C@@H](N)CCCCN)C(=O)N[C@@H](C)C(=O)N[C@@H](CCCCN)C(=O)N[C@@H](CCCN=C(N)N)C(=O)N[C@@H](CCCCN)C(=O)O. The lowest BCUT2D eigenvalue weighted by Gasteiger charge is -2.29. The number of imidazole rings is 1. The van der Waals surface area contributed by atoms with Crippen LogP contribution in [0, 0.1) is 17.8 Å². The Hall–Kier alpha value is -11.1. The maximum atomic E-state index is 15.1. The minimum atomic E-state index is -1.44. The second-order valence-electron chi connectivity index (χ2n) is 32.0. The van der Waals surface area contributed by atoms with Gasteiger partial charge in [-0.2, -0.15) is 0 Å². The molecular formula is C80H139N27O15. The third-order valence-corrected chi connectivity index (χ3v) is 19.8. The Morgan fingerprint density at radius 3 is 1.07 bits per heavy atom. The van der Waals surface area contributed by atoms with Gasteiger partial charge in [0, 0.05) is 54.9 Å². The van der Waals surface area contributed by atoms with Crippen molar-refractivity contribution in [3.05, 3.63) is 54.2 Å². The van der Waals surface area contributed by atoms with Gasteiger partial charge in [0.25, 0.3) is 0 Å². The standard InChI is InChI=1S/C80H139N27O15/c1-44(2)36-60(73(116)97-48(8)65(108)98-56(26-14-18-32-83)70(113)99-57(28-20-34-91-79(86)87)71(114)102-59(78(121)122)27-15-19-33-84)103-67(110)49(9)96-69(112)55(25-13-17-31-82)100-74(117)61(37-45(3)4)105-72(115)58(29-21-35-92-80(88)89)101-75(118)62(38-46(5)6)106-76(119)63(39-50-41-93-54-24-11-10-22-52(50)54)107-77(120)64(40-51-42-90-43-94-51)104-66(109)47(7)95-68(111)53(85)23-12-16-30-81/h10-11,22,24,41-49,53,55-64,93H,12-21,23,25-40,81-85H2,1-9H3,(H,90,94)(H,95,111)(H,96,112)(H,97,116)(H,98,108)(H,99,113)(H,100,117)(H,101,118)(H,102,114)(H,103,110)(H,104,109)(H,105,115)(H,106,119)(H,107,120)(H,121,122)(H4,86,87,91)(H4,88,89,92)/t47-,48-,49-,53-,55-,56-,57-,58-,59-,60-,61-,62-,63-,64-/m0/s1. The smallest absolute Gasteiger partial charge is 0.326 e. The highest BCUT2D eigenvalue weighted by molar-refractivity contribution is 6.00. The molecule has 14 atom stereocenters. The summed E-state index contributed by atoms with van der Waals surface area (Å²) in [5.41, 5.74) is 53.1. The van der Waals surface area contributed by atoms with Crippen molar-refractivity contribution in [1.82, 2.24) is 84.1 Å². The van der Waals surface area contributed by atoms with Crippen LogP contribution in [0.3, 0.4) is 0 Å². The van der Waals surface area contributed by atoms with Gasteiger partial charge in [0.1, 0.15) is 78.5 Å². The molecule has 0 aliphatic rings. The first-order valence-electron chi connectivity index (χ1n) is 42.2. The molecule has 0 unspecified atom stereocenters. The van der Waals surface area contributed by atoms with Crippen molar-refractivity contribution in [2.45, 2.75) is 282 Å². The van der Waals surface area contributed by atoms with E-state index in [0.29, 0.717) is 93.0 Å². The summed E-state index contributed by atoms with van der Waals surface area (Å²) in [4.78, 5) is 216. The number of carbonyl (C=O) groups is 14. The topological polar surface area (TPSA) is 719 Å². The van der Waals surface area contributed by atoms with Gasteiger partial charge in [-0.05, 0) is 192 Å². The van der Waals surface area contributed by atoms with Crippen molar-refractivity contribution in [2.24, 2.45) is 79.3 Å². The van der Waals surface area contributed by atoms with E-state index in [1.807, 2.05) is 18.2 Å². The first kappa shape index (κ1) is 105. The number of nitrogens with one attached hydrogen (secondary N) is 15. The van der Waals surface area contributed by atoms with Gasteiger partial charge < -0.3 is 136 Å². The fraction of sp³-hybridized carbons (Fsp3) is 0.662. The van der Waals surface area contributed by atoms with E-state index in [1.165, 1.54) is 33.3 Å². The predicted octanol–water partition coefficient (Wildman–Crippen LogP) is -3.79. The number of para-hydroxylation sites is 1. The van der Waals surface area contributed by atoms with Crippen LogP contribution in [0.4, 0.5) is 0 Å². The number of unbranched alkanes of at least 4 members (excludes halogenated alkanes) is 4. The summed E-state index contributed by atoms with van der Waals surface area (Å²) < 4.78 is 0. The van der Waals surface area contributed by atoms with Gasteiger partial charge in [0.2, 0.25) is 76.8 Å². The quantitative estimate of drug-likeness (QED) is 0.0146. The number of amides is 13. The molecule has 0 aliphatic carbocycles. The Kier molecular flexibility index (Phi) is 48.6. The maximum absolute atomic E-state index is 15.1. The predicted molar refractivity (Wildman–Crippen MR) is 462 cm³/mol. The largest absolute Gasteiger partial charge is 0.480 e. The van der Waals surface area contributed by atoms with E-state index in [9.17, 15) is 67.4 Å². The molecule has 1 aromatic carbocycles. The molecule has 2 heterocycles. The number of carboxylic acid groups (broad SMARTS) is 1. The van der Waals surface area contributed by atoms with Gasteiger partial charge in [-0.15, -0.1) is 0 Å². The van der Waals surface area contributed by atoms with Crippen molar-refractivity contribution < 1.29 is 72.2 Å². The lowest BCUT2D eigenvalue weighted by molar-refractivity contribution is -0.142. The Labute approximate surface area is 713 Å². The number of aliphatic carboxylic acids is 1. The number of hydrogen-bond acceptors (Lipinski definition) is 22. The van der Waals surface area contributed by atoms with E-state index >= 15 is 4.79 Å². The zero-order valence-corrected chi connectivity index (χ0v) is 72.1. The van der Waals surface area contributed by atoms with Crippen LogP contribution >= 0.6 is 0 Å². The first-order chi connectivity index (χ1) is 57.8. The summed E-state index contributed by atoms with van der Waals surface area (Å²) in [6.45, 7) is 16.0. The third kappa shape index (κ3) is 40.1. The molecule has 0 saturated heterocycles. The summed E-state index contributed by atoms with van der Waals surface area (Å²) in [6, 6.07) is -11.2. The van der Waals surface area contributed by atoms with Gasteiger partial charge in [0.15, 0.2) is 11.9 Å². The number of carbonyl (C=O) groups excluding carboxylic acids is 13. The number of carboxylic acids is 1. The van der Waals surface area contributed by atoms with Crippen molar-refractivity contribution >= 4 is 106 Å². The zero-order chi connectivity index (χ0) is 91.1. The molecule has 684 valence electrons. The maximum Gasteiger partial charge on any atom is 0.326 e. The molecular weight excluding hydrogens is 1580 g/mol. The van der Waals surface area contributed by atoms with Crippen molar-refractivity contribution in [3.8, 4) is 0 Å². The number of aromatic nitrogens is 3. The number of nitrogens with two attached hydrogens (primary N) is 9. The average molecular weight is 1720 g/mol. The Morgan fingerprint density at radius 2 is 0.680 bits per heavy atom. The van der Waals surface area contributed by atoms with Crippen LogP contribution in [-0.4, -0.2) is 239 Å². The minimum absolute atomic E-state index is 0.00449. The summed E-state index contributed by atoms with van der Waals surface area (Å²) in [6.07, 6.45) is 8.32. The van der Waals surface area contributed by atoms with Crippen LogP contribution in [-0.2, 0) is 80.0 Å². The number of H-pyrrole nitrogens is 2. The van der Waals surface area contributed by atoms with Gasteiger partial charge in [0.05, 0.1) is 12.4 Å². The molecule has 0 spiro atoms. The van der Waals surface area contributed by atoms with Gasteiger partial charge >= 0.3 is 5.97 Å². The van der Waals surface area contributed by atoms with E-state index in [-0.39, 0.29) is 133 Å². The number of guanidine groups is 2. The lowest BCUT2D eigenvalue weighted by Crippen LogP contribution is -2.61. The molecule has 0 aliphatic heterocycles. The molecule has 0 bridgehead atoms. The van der Waals surface area contributed by atoms with E-state index in [2.05, 4.69) is 94.1 Å². The molecule has 0 radical (unpaired) electrons. The summed E-state index contributed by atoms with van der Waals surface area (Å²) in [5, 5.41) is 45.5. The highest BCUT2D eigenvalue weighted by Crippen LogP contribution is 2.21. The number of nitrogens with zero attached hydrogens (tertiary/aromatic N) is 3. The molecule has 34 N–H and O–H groups in total. The number of aliphatic imine (C=N–C) groups is 2. The molecule has 3 aromatic rings. The van der Waals surface area contributed by atoms with Crippen LogP contribution in [0.5, 0.6) is 0 Å². The summed E-state index contributed by atoms with van der Waals surface area (Å²) >= 11 is 0. The Morgan fingerprint density at radius 1 is 0.369 bits per heavy atom. The molecule has 42 heteroatoms. The number of benzene rings is 1. The van der Waals surface area contributed by atoms with E-state index in [0.717, 1.165) is 0 Å². The molecule has 2 aromatic heterocycles. The molecule has 0 saturated carbocycles. The fourth-order valence-corrected chi connectivity index (χ4v) is 13.1. The molecule has 13 amide bonds. The van der Waals surface area contributed by atoms with E-state index in [4.69, 9.17) is 51.6 Å². The van der Waals surface area contributed by atoms with Crippen molar-refractivity contribution in [2.75, 3.05) is 39.3 Å². The molecule has 0 fully saturated rings. The van der Waals surface area contributed by atoms with Crippen LogP contribution in [0.1, 0.15) is 196 Å². The molecule has 122 heavy (non-hydrogen) atoms. The van der Waals surface area contributed by atoms with Crippen LogP contribution < -0.4 is 121 Å². The van der Waals surface area contributed by atoms with Crippen LogP contribution in [0.25, 0.3) is 10.9 Å².